The monoisotopic (exact) mass is 431 g/mol. The van der Waals surface area contributed by atoms with Gasteiger partial charge in [-0.25, -0.2) is 10.1 Å². The predicted molar refractivity (Wildman–Crippen MR) is 112 cm³/mol. The molecule has 150 valence electrons. The number of aromatic nitrogens is 3. The molecule has 0 saturated carbocycles. The SMILES string of the molecule is Nn1c(N/N=C/c2cccs2)nnc1SCC(=O)Nc1ccc2c(c1)OCCO2. The number of carbonyl (C=O) groups is 1. The number of anilines is 2. The van der Waals surface area contributed by atoms with E-state index in [4.69, 9.17) is 15.3 Å². The summed E-state index contributed by atoms with van der Waals surface area (Å²) in [5, 5.41) is 17.1. The number of nitrogens with two attached hydrogens (primary N) is 1. The van der Waals surface area contributed by atoms with Gasteiger partial charge in [-0.05, 0) is 23.6 Å². The molecule has 0 unspecified atom stereocenters. The van der Waals surface area contributed by atoms with Gasteiger partial charge in [0.2, 0.25) is 11.1 Å². The van der Waals surface area contributed by atoms with E-state index in [2.05, 4.69) is 26.0 Å². The van der Waals surface area contributed by atoms with Gasteiger partial charge >= 0.3 is 0 Å². The largest absolute Gasteiger partial charge is 0.486 e. The summed E-state index contributed by atoms with van der Waals surface area (Å²) in [6.07, 6.45) is 1.66. The summed E-state index contributed by atoms with van der Waals surface area (Å²) in [5.41, 5.74) is 3.35. The van der Waals surface area contributed by atoms with Crippen molar-refractivity contribution >= 4 is 46.9 Å². The lowest BCUT2D eigenvalue weighted by Crippen LogP contribution is -2.18. The number of rotatable bonds is 7. The Morgan fingerprint density at radius 2 is 2.17 bits per heavy atom. The highest BCUT2D eigenvalue weighted by atomic mass is 32.2. The minimum atomic E-state index is -0.208. The van der Waals surface area contributed by atoms with Crippen LogP contribution in [0, 0.1) is 0 Å². The molecule has 29 heavy (non-hydrogen) atoms. The number of fused-ring (bicyclic) bond motifs is 1. The summed E-state index contributed by atoms with van der Waals surface area (Å²) in [6, 6.07) is 9.13. The van der Waals surface area contributed by atoms with Crippen molar-refractivity contribution in [3.05, 3.63) is 40.6 Å². The van der Waals surface area contributed by atoms with Crippen LogP contribution in [0.1, 0.15) is 4.88 Å². The molecule has 1 aromatic carbocycles. The number of thioether (sulfide) groups is 1. The van der Waals surface area contributed by atoms with E-state index in [0.29, 0.717) is 35.6 Å². The molecule has 1 aliphatic heterocycles. The molecule has 3 heterocycles. The first-order chi connectivity index (χ1) is 14.2. The van der Waals surface area contributed by atoms with Crippen molar-refractivity contribution < 1.29 is 14.3 Å². The van der Waals surface area contributed by atoms with Crippen LogP contribution in [0.2, 0.25) is 0 Å². The van der Waals surface area contributed by atoms with Crippen LogP contribution in [0.3, 0.4) is 0 Å². The highest BCUT2D eigenvalue weighted by molar-refractivity contribution is 7.99. The van der Waals surface area contributed by atoms with E-state index in [1.807, 2.05) is 17.5 Å². The fourth-order valence-corrected chi connectivity index (χ4v) is 3.66. The maximum Gasteiger partial charge on any atom is 0.264 e. The predicted octanol–water partition coefficient (Wildman–Crippen LogP) is 2.00. The van der Waals surface area contributed by atoms with Crippen LogP contribution >= 0.6 is 23.1 Å². The molecule has 2 aromatic heterocycles. The van der Waals surface area contributed by atoms with Crippen molar-refractivity contribution in [1.82, 2.24) is 14.9 Å². The first kappa shape index (κ1) is 19.1. The molecular formula is C17H17N7O3S2. The second-order valence-electron chi connectivity index (χ2n) is 5.76. The van der Waals surface area contributed by atoms with Crippen LogP contribution < -0.4 is 26.1 Å². The van der Waals surface area contributed by atoms with E-state index in [-0.39, 0.29) is 17.6 Å². The lowest BCUT2D eigenvalue weighted by molar-refractivity contribution is -0.113. The van der Waals surface area contributed by atoms with Gasteiger partial charge in [-0.3, -0.25) is 4.79 Å². The number of ether oxygens (including phenoxy) is 2. The number of benzene rings is 1. The fourth-order valence-electron chi connectivity index (χ4n) is 2.42. The third-order valence-corrected chi connectivity index (χ3v) is 5.47. The van der Waals surface area contributed by atoms with Crippen LogP contribution in [-0.4, -0.2) is 46.0 Å². The molecule has 12 heteroatoms. The van der Waals surface area contributed by atoms with Crippen molar-refractivity contribution in [1.29, 1.82) is 0 Å². The van der Waals surface area contributed by atoms with Crippen molar-refractivity contribution in [3.8, 4) is 11.5 Å². The zero-order valence-corrected chi connectivity index (χ0v) is 16.7. The zero-order valence-electron chi connectivity index (χ0n) is 15.1. The Hall–Kier alpha value is -3.25. The standard InChI is InChI=1S/C17H17N7O3S2/c18-24-16(21-19-9-12-2-1-7-28-12)22-23-17(24)29-10-15(25)20-11-3-4-13-14(8-11)27-6-5-26-13/h1-4,7-9H,5-6,10,18H2,(H,20,25)(H,21,22)/b19-9+. The van der Waals surface area contributed by atoms with Gasteiger partial charge in [0.1, 0.15) is 13.2 Å². The third-order valence-electron chi connectivity index (χ3n) is 3.72. The highest BCUT2D eigenvalue weighted by Gasteiger charge is 2.14. The minimum Gasteiger partial charge on any atom is -0.486 e. The molecule has 0 saturated heterocycles. The summed E-state index contributed by atoms with van der Waals surface area (Å²) in [5.74, 6) is 7.41. The van der Waals surface area contributed by atoms with E-state index in [0.717, 1.165) is 16.6 Å². The molecule has 0 fully saturated rings. The number of nitrogens with one attached hydrogen (secondary N) is 2. The van der Waals surface area contributed by atoms with Gasteiger partial charge in [0.05, 0.1) is 12.0 Å². The van der Waals surface area contributed by atoms with Gasteiger partial charge in [-0.1, -0.05) is 17.8 Å². The Bertz CT molecular complexity index is 1020. The average molecular weight is 432 g/mol. The first-order valence-corrected chi connectivity index (χ1v) is 10.4. The van der Waals surface area contributed by atoms with Gasteiger partial charge < -0.3 is 20.6 Å². The normalized spacial score (nSPS) is 12.8. The highest BCUT2D eigenvalue weighted by Crippen LogP contribution is 2.32. The molecule has 0 radical (unpaired) electrons. The molecule has 3 aromatic rings. The van der Waals surface area contributed by atoms with Crippen LogP contribution in [0.25, 0.3) is 0 Å². The number of carbonyl (C=O) groups excluding carboxylic acids is 1. The van der Waals surface area contributed by atoms with E-state index in [1.165, 1.54) is 4.68 Å². The summed E-state index contributed by atoms with van der Waals surface area (Å²) in [7, 11) is 0. The molecule has 0 spiro atoms. The number of nitrogen functional groups attached to an aromatic ring is 1. The number of nitrogens with zero attached hydrogens (tertiary/aromatic N) is 4. The molecule has 10 nitrogen and oxygen atoms in total. The molecule has 0 bridgehead atoms. The van der Waals surface area contributed by atoms with Gasteiger partial charge in [-0.2, -0.15) is 5.10 Å². The smallest absolute Gasteiger partial charge is 0.264 e. The van der Waals surface area contributed by atoms with Crippen molar-refractivity contribution in [2.45, 2.75) is 5.16 Å². The van der Waals surface area contributed by atoms with Crippen LogP contribution in [-0.2, 0) is 4.79 Å². The van der Waals surface area contributed by atoms with Crippen LogP contribution in [0.15, 0.2) is 46.0 Å². The maximum absolute atomic E-state index is 12.2. The fraction of sp³-hybridized carbons (Fsp3) is 0.176. The van der Waals surface area contributed by atoms with Gasteiger partial charge in [0, 0.05) is 16.6 Å². The number of thiophene rings is 1. The number of hydrogen-bond donors (Lipinski definition) is 3. The van der Waals surface area contributed by atoms with Crippen molar-refractivity contribution in [3.63, 3.8) is 0 Å². The third kappa shape index (κ3) is 4.78. The lowest BCUT2D eigenvalue weighted by atomic mass is 10.2. The number of hydrogen-bond acceptors (Lipinski definition) is 10. The van der Waals surface area contributed by atoms with Crippen LogP contribution in [0.5, 0.6) is 11.5 Å². The molecule has 1 amide bonds. The molecule has 0 aliphatic carbocycles. The summed E-state index contributed by atoms with van der Waals surface area (Å²) in [6.45, 7) is 1.01. The van der Waals surface area contributed by atoms with E-state index < -0.39 is 0 Å². The quantitative estimate of drug-likeness (QED) is 0.224. The average Bonchev–Trinajstić information content (AvgIpc) is 3.37. The zero-order chi connectivity index (χ0) is 20.1. The molecule has 4 rings (SSSR count). The Kier molecular flexibility index (Phi) is 5.81. The maximum atomic E-state index is 12.2. The minimum absolute atomic E-state index is 0.113. The molecular weight excluding hydrogens is 414 g/mol. The number of amides is 1. The summed E-state index contributed by atoms with van der Waals surface area (Å²) >= 11 is 2.72. The Labute approximate surface area is 174 Å². The first-order valence-electron chi connectivity index (χ1n) is 8.54. The summed E-state index contributed by atoms with van der Waals surface area (Å²) < 4.78 is 12.2. The second kappa shape index (κ2) is 8.84. The van der Waals surface area contributed by atoms with Crippen LogP contribution in [0.4, 0.5) is 11.6 Å². The Morgan fingerprint density at radius 3 is 3.00 bits per heavy atom. The molecule has 0 atom stereocenters. The van der Waals surface area contributed by atoms with E-state index >= 15 is 0 Å². The number of hydrazone groups is 1. The van der Waals surface area contributed by atoms with Gasteiger partial charge in [0.15, 0.2) is 11.5 Å². The Balaban J connectivity index is 1.29. The molecule has 1 aliphatic rings. The van der Waals surface area contributed by atoms with E-state index in [9.17, 15) is 4.79 Å². The molecule has 4 N–H and O–H groups in total. The summed E-state index contributed by atoms with van der Waals surface area (Å²) in [4.78, 5) is 13.2. The lowest BCUT2D eigenvalue weighted by Gasteiger charge is -2.18. The van der Waals surface area contributed by atoms with Gasteiger partial charge in [-0.15, -0.1) is 21.5 Å². The van der Waals surface area contributed by atoms with Crippen molar-refractivity contribution in [2.75, 3.05) is 35.6 Å². The Morgan fingerprint density at radius 1 is 1.31 bits per heavy atom. The van der Waals surface area contributed by atoms with Gasteiger partial charge in [0.25, 0.3) is 5.95 Å². The van der Waals surface area contributed by atoms with E-state index in [1.54, 1.807) is 35.8 Å². The second-order valence-corrected chi connectivity index (χ2v) is 7.68. The van der Waals surface area contributed by atoms with Crippen molar-refractivity contribution in [2.24, 2.45) is 5.10 Å². The topological polar surface area (TPSA) is 129 Å².